The highest BCUT2D eigenvalue weighted by Gasteiger charge is 2.02. The second-order valence-corrected chi connectivity index (χ2v) is 6.88. The van der Waals surface area contributed by atoms with Gasteiger partial charge < -0.3 is 5.32 Å². The molecule has 0 unspecified atom stereocenters. The summed E-state index contributed by atoms with van der Waals surface area (Å²) in [4.78, 5) is 7.36. The van der Waals surface area contributed by atoms with Crippen molar-refractivity contribution in [2.24, 2.45) is 0 Å². The number of aromatic nitrogens is 1. The van der Waals surface area contributed by atoms with Crippen LogP contribution in [0, 0.1) is 20.8 Å². The molecule has 3 aromatic rings. The molecule has 1 N–H and O–H groups in total. The number of hydrogen-bond donors (Lipinski definition) is 1. The second kappa shape index (κ2) is 5.96. The molecule has 0 spiro atoms. The Bertz CT molecular complexity index is 754. The van der Waals surface area contributed by atoms with Gasteiger partial charge in [-0.1, -0.05) is 12.1 Å². The summed E-state index contributed by atoms with van der Waals surface area (Å²) in [5.74, 6) is 0. The first-order valence-corrected chi connectivity index (χ1v) is 8.06. The van der Waals surface area contributed by atoms with Crippen LogP contribution >= 0.6 is 11.3 Å². The fourth-order valence-corrected chi connectivity index (χ4v) is 3.48. The molecule has 0 saturated carbocycles. The lowest BCUT2D eigenvalue weighted by Gasteiger charge is -2.05. The Balaban J connectivity index is 1.66. The van der Waals surface area contributed by atoms with Gasteiger partial charge in [-0.05, 0) is 56.2 Å². The van der Waals surface area contributed by atoms with E-state index in [0.29, 0.717) is 0 Å². The van der Waals surface area contributed by atoms with Crippen LogP contribution in [0.4, 0.5) is 0 Å². The molecule has 2 nitrogen and oxygen atoms in total. The molecule has 1 aromatic carbocycles. The Hall–Kier alpha value is -1.71. The Morgan fingerprint density at radius 3 is 2.62 bits per heavy atom. The number of hydrogen-bond acceptors (Lipinski definition) is 3. The highest BCUT2D eigenvalue weighted by atomic mass is 32.1. The van der Waals surface area contributed by atoms with E-state index < -0.39 is 0 Å². The number of pyridine rings is 1. The third kappa shape index (κ3) is 3.31. The second-order valence-electron chi connectivity index (χ2n) is 5.54. The number of nitrogens with zero attached hydrogens (tertiary/aromatic N) is 1. The highest BCUT2D eigenvalue weighted by Crippen LogP contribution is 2.20. The molecule has 108 valence electrons. The van der Waals surface area contributed by atoms with Crippen molar-refractivity contribution in [3.8, 4) is 0 Å². The maximum atomic E-state index is 4.54. The van der Waals surface area contributed by atoms with E-state index in [1.54, 1.807) is 0 Å². The molecule has 2 heterocycles. The quantitative estimate of drug-likeness (QED) is 0.766. The summed E-state index contributed by atoms with van der Waals surface area (Å²) in [5.41, 5.74) is 4.84. The number of aryl methyl sites for hydroxylation is 3. The van der Waals surface area contributed by atoms with Gasteiger partial charge in [0.15, 0.2) is 0 Å². The van der Waals surface area contributed by atoms with E-state index in [0.717, 1.165) is 24.3 Å². The van der Waals surface area contributed by atoms with Crippen LogP contribution in [0.25, 0.3) is 10.9 Å². The lowest BCUT2D eigenvalue weighted by Crippen LogP contribution is -2.11. The number of thiophene rings is 1. The topological polar surface area (TPSA) is 24.9 Å². The van der Waals surface area contributed by atoms with Gasteiger partial charge in [-0.3, -0.25) is 4.98 Å². The molecule has 0 bridgehead atoms. The van der Waals surface area contributed by atoms with Crippen molar-refractivity contribution in [1.29, 1.82) is 0 Å². The van der Waals surface area contributed by atoms with Gasteiger partial charge in [0.05, 0.1) is 5.52 Å². The molecule has 2 aromatic heterocycles. The Kier molecular flexibility index (Phi) is 4.04. The summed E-state index contributed by atoms with van der Waals surface area (Å²) < 4.78 is 0. The van der Waals surface area contributed by atoms with Crippen molar-refractivity contribution in [3.63, 3.8) is 0 Å². The van der Waals surface area contributed by atoms with Crippen LogP contribution in [0.2, 0.25) is 0 Å². The molecule has 21 heavy (non-hydrogen) atoms. The summed E-state index contributed by atoms with van der Waals surface area (Å²) in [5, 5.41) is 4.74. The standard InChI is InChI=1S/C18H20N2S/c1-12-8-17(21-14(12)3)11-19-10-15-5-7-18-16(9-15)6-4-13(2)20-18/h4-9,19H,10-11H2,1-3H3. The number of fused-ring (bicyclic) bond motifs is 1. The van der Waals surface area contributed by atoms with E-state index in [1.165, 1.54) is 26.3 Å². The summed E-state index contributed by atoms with van der Waals surface area (Å²) in [6.45, 7) is 8.21. The van der Waals surface area contributed by atoms with Crippen molar-refractivity contribution in [1.82, 2.24) is 10.3 Å². The van der Waals surface area contributed by atoms with Crippen molar-refractivity contribution in [2.75, 3.05) is 0 Å². The van der Waals surface area contributed by atoms with Crippen molar-refractivity contribution in [3.05, 3.63) is 63.0 Å². The van der Waals surface area contributed by atoms with Gasteiger partial charge in [-0.2, -0.15) is 0 Å². The molecular formula is C18H20N2S. The maximum absolute atomic E-state index is 4.54. The fourth-order valence-electron chi connectivity index (χ4n) is 2.45. The van der Waals surface area contributed by atoms with E-state index in [-0.39, 0.29) is 0 Å². The van der Waals surface area contributed by atoms with E-state index in [4.69, 9.17) is 0 Å². The van der Waals surface area contributed by atoms with Crippen LogP contribution in [0.15, 0.2) is 36.4 Å². The van der Waals surface area contributed by atoms with Gasteiger partial charge in [-0.15, -0.1) is 11.3 Å². The van der Waals surface area contributed by atoms with Gasteiger partial charge in [0.25, 0.3) is 0 Å². The minimum atomic E-state index is 0.889. The van der Waals surface area contributed by atoms with Crippen molar-refractivity contribution >= 4 is 22.2 Å². The lowest BCUT2D eigenvalue weighted by molar-refractivity contribution is 0.701. The van der Waals surface area contributed by atoms with Gasteiger partial charge in [-0.25, -0.2) is 0 Å². The van der Waals surface area contributed by atoms with Gasteiger partial charge in [0.2, 0.25) is 0 Å². The lowest BCUT2D eigenvalue weighted by atomic mass is 10.1. The summed E-state index contributed by atoms with van der Waals surface area (Å²) in [6, 6.07) is 13.0. The molecular weight excluding hydrogens is 276 g/mol. The third-order valence-corrected chi connectivity index (χ3v) is 4.89. The molecule has 0 atom stereocenters. The zero-order chi connectivity index (χ0) is 14.8. The summed E-state index contributed by atoms with van der Waals surface area (Å²) >= 11 is 1.88. The molecule has 0 saturated heterocycles. The van der Waals surface area contributed by atoms with Crippen molar-refractivity contribution < 1.29 is 0 Å². The SMILES string of the molecule is Cc1ccc2cc(CNCc3cc(C)c(C)s3)ccc2n1. The average Bonchev–Trinajstić information content (AvgIpc) is 2.78. The molecule has 0 aliphatic heterocycles. The van der Waals surface area contributed by atoms with Crippen LogP contribution in [0.5, 0.6) is 0 Å². The predicted octanol–water partition coefficient (Wildman–Crippen LogP) is 4.51. The number of nitrogens with one attached hydrogen (secondary N) is 1. The molecule has 3 rings (SSSR count). The van der Waals surface area contributed by atoms with Crippen LogP contribution in [-0.2, 0) is 13.1 Å². The van der Waals surface area contributed by atoms with Gasteiger partial charge in [0, 0.05) is 33.9 Å². The molecule has 0 radical (unpaired) electrons. The largest absolute Gasteiger partial charge is 0.308 e. The number of benzene rings is 1. The van der Waals surface area contributed by atoms with Gasteiger partial charge >= 0.3 is 0 Å². The first kappa shape index (κ1) is 14.2. The summed E-state index contributed by atoms with van der Waals surface area (Å²) in [7, 11) is 0. The van der Waals surface area contributed by atoms with Crippen molar-refractivity contribution in [2.45, 2.75) is 33.9 Å². The monoisotopic (exact) mass is 296 g/mol. The van der Waals surface area contributed by atoms with Gasteiger partial charge in [0.1, 0.15) is 0 Å². The first-order chi connectivity index (χ1) is 10.1. The Labute approximate surface area is 129 Å². The van der Waals surface area contributed by atoms with E-state index in [2.05, 4.69) is 60.5 Å². The molecule has 0 amide bonds. The smallest absolute Gasteiger partial charge is 0.0705 e. The molecule has 0 aliphatic carbocycles. The fraction of sp³-hybridized carbons (Fsp3) is 0.278. The normalized spacial score (nSPS) is 11.2. The minimum absolute atomic E-state index is 0.889. The first-order valence-electron chi connectivity index (χ1n) is 7.25. The average molecular weight is 296 g/mol. The van der Waals surface area contributed by atoms with E-state index >= 15 is 0 Å². The van der Waals surface area contributed by atoms with E-state index in [1.807, 2.05) is 18.3 Å². The highest BCUT2D eigenvalue weighted by molar-refractivity contribution is 7.12. The molecule has 0 fully saturated rings. The van der Waals surface area contributed by atoms with Crippen LogP contribution in [0.3, 0.4) is 0 Å². The zero-order valence-corrected chi connectivity index (χ0v) is 13.6. The Morgan fingerprint density at radius 2 is 1.86 bits per heavy atom. The summed E-state index contributed by atoms with van der Waals surface area (Å²) in [6.07, 6.45) is 0. The number of rotatable bonds is 4. The molecule has 0 aliphatic rings. The maximum Gasteiger partial charge on any atom is 0.0705 e. The zero-order valence-electron chi connectivity index (χ0n) is 12.7. The van der Waals surface area contributed by atoms with Crippen LogP contribution in [-0.4, -0.2) is 4.98 Å². The Morgan fingerprint density at radius 1 is 1.00 bits per heavy atom. The van der Waals surface area contributed by atoms with E-state index in [9.17, 15) is 0 Å². The third-order valence-electron chi connectivity index (χ3n) is 3.74. The van der Waals surface area contributed by atoms with Crippen LogP contribution in [0.1, 0.15) is 26.6 Å². The van der Waals surface area contributed by atoms with Crippen LogP contribution < -0.4 is 5.32 Å². The minimum Gasteiger partial charge on any atom is -0.308 e. The molecule has 3 heteroatoms. The predicted molar refractivity (Wildman–Crippen MR) is 90.8 cm³/mol.